The predicted octanol–water partition coefficient (Wildman–Crippen LogP) is 0.175. The highest BCUT2D eigenvalue weighted by atomic mass is 32.2. The van der Waals surface area contributed by atoms with Gasteiger partial charge < -0.3 is 10.5 Å². The normalized spacial score (nSPS) is 14.4. The quantitative estimate of drug-likeness (QED) is 0.607. The minimum absolute atomic E-state index is 0.0233. The molecule has 80 valence electrons. The molecule has 0 fully saturated rings. The summed E-state index contributed by atoms with van der Waals surface area (Å²) in [6.45, 7) is 0.687. The van der Waals surface area contributed by atoms with Crippen LogP contribution in [-0.4, -0.2) is 40.2 Å². The Bertz CT molecular complexity index is 213. The molecule has 0 aromatic heterocycles. The lowest BCUT2D eigenvalue weighted by Gasteiger charge is -2.09. The van der Waals surface area contributed by atoms with E-state index in [2.05, 4.69) is 0 Å². The van der Waals surface area contributed by atoms with E-state index < -0.39 is 9.84 Å². The standard InChI is InChI=1S/C8H19NO3S/c1-12-6-3-4-8(9)5-7-13(2,10)11/h8H,3-7,9H2,1-2H3. The topological polar surface area (TPSA) is 69.4 Å². The molecule has 0 rings (SSSR count). The van der Waals surface area contributed by atoms with Gasteiger partial charge in [0.15, 0.2) is 0 Å². The first-order valence-corrected chi connectivity index (χ1v) is 6.44. The van der Waals surface area contributed by atoms with E-state index in [-0.39, 0.29) is 11.8 Å². The van der Waals surface area contributed by atoms with E-state index in [1.165, 1.54) is 6.26 Å². The van der Waals surface area contributed by atoms with Crippen molar-refractivity contribution in [2.45, 2.75) is 25.3 Å². The maximum Gasteiger partial charge on any atom is 0.147 e. The van der Waals surface area contributed by atoms with Crippen LogP contribution in [0, 0.1) is 0 Å². The van der Waals surface area contributed by atoms with Crippen molar-refractivity contribution in [3.63, 3.8) is 0 Å². The Balaban J connectivity index is 3.46. The number of ether oxygens (including phenoxy) is 1. The third-order valence-electron chi connectivity index (χ3n) is 1.78. The number of nitrogens with two attached hydrogens (primary N) is 1. The second-order valence-corrected chi connectivity index (χ2v) is 5.57. The van der Waals surface area contributed by atoms with Gasteiger partial charge in [0.1, 0.15) is 9.84 Å². The molecule has 1 unspecified atom stereocenters. The Labute approximate surface area is 80.4 Å². The van der Waals surface area contributed by atoms with Gasteiger partial charge in [0.05, 0.1) is 5.75 Å². The molecule has 0 saturated heterocycles. The van der Waals surface area contributed by atoms with Crippen LogP contribution < -0.4 is 5.73 Å². The lowest BCUT2D eigenvalue weighted by Crippen LogP contribution is -2.23. The van der Waals surface area contributed by atoms with Gasteiger partial charge >= 0.3 is 0 Å². The van der Waals surface area contributed by atoms with E-state index in [0.29, 0.717) is 13.0 Å². The first-order valence-electron chi connectivity index (χ1n) is 4.38. The lowest BCUT2D eigenvalue weighted by molar-refractivity contribution is 0.190. The highest BCUT2D eigenvalue weighted by Gasteiger charge is 2.07. The molecule has 0 amide bonds. The summed E-state index contributed by atoms with van der Waals surface area (Å²) in [5, 5.41) is 0. The van der Waals surface area contributed by atoms with Crippen molar-refractivity contribution >= 4 is 9.84 Å². The van der Waals surface area contributed by atoms with E-state index >= 15 is 0 Å². The fourth-order valence-electron chi connectivity index (χ4n) is 1.000. The highest BCUT2D eigenvalue weighted by Crippen LogP contribution is 2.01. The molecule has 2 N–H and O–H groups in total. The smallest absolute Gasteiger partial charge is 0.147 e. The Morgan fingerprint density at radius 3 is 2.46 bits per heavy atom. The van der Waals surface area contributed by atoms with Gasteiger partial charge in [-0.05, 0) is 19.3 Å². The Morgan fingerprint density at radius 2 is 2.00 bits per heavy atom. The van der Waals surface area contributed by atoms with E-state index in [0.717, 1.165) is 12.8 Å². The highest BCUT2D eigenvalue weighted by molar-refractivity contribution is 7.90. The van der Waals surface area contributed by atoms with Crippen LogP contribution in [0.2, 0.25) is 0 Å². The van der Waals surface area contributed by atoms with E-state index in [1.807, 2.05) is 0 Å². The molecule has 0 bridgehead atoms. The molecule has 4 nitrogen and oxygen atoms in total. The Morgan fingerprint density at radius 1 is 1.38 bits per heavy atom. The fraction of sp³-hybridized carbons (Fsp3) is 1.00. The molecule has 0 aromatic carbocycles. The summed E-state index contributed by atoms with van der Waals surface area (Å²) in [4.78, 5) is 0. The molecule has 13 heavy (non-hydrogen) atoms. The molecule has 0 aliphatic carbocycles. The molecule has 0 spiro atoms. The fourth-order valence-corrected chi connectivity index (χ4v) is 1.73. The zero-order chi connectivity index (χ0) is 10.3. The van der Waals surface area contributed by atoms with Crippen LogP contribution in [0.4, 0.5) is 0 Å². The van der Waals surface area contributed by atoms with Gasteiger partial charge in [0.25, 0.3) is 0 Å². The van der Waals surface area contributed by atoms with Crippen molar-refractivity contribution in [1.82, 2.24) is 0 Å². The van der Waals surface area contributed by atoms with Crippen LogP contribution in [0.5, 0.6) is 0 Å². The monoisotopic (exact) mass is 209 g/mol. The van der Waals surface area contributed by atoms with Crippen LogP contribution in [0.3, 0.4) is 0 Å². The molecule has 0 aliphatic heterocycles. The molecule has 1 atom stereocenters. The first-order chi connectivity index (χ1) is 5.95. The number of hydrogen-bond acceptors (Lipinski definition) is 4. The largest absolute Gasteiger partial charge is 0.385 e. The summed E-state index contributed by atoms with van der Waals surface area (Å²) in [6.07, 6.45) is 3.49. The van der Waals surface area contributed by atoms with Crippen molar-refractivity contribution in [3.05, 3.63) is 0 Å². The average molecular weight is 209 g/mol. The minimum Gasteiger partial charge on any atom is -0.385 e. The van der Waals surface area contributed by atoms with Crippen molar-refractivity contribution in [3.8, 4) is 0 Å². The average Bonchev–Trinajstić information content (AvgIpc) is 2.00. The van der Waals surface area contributed by atoms with Gasteiger partial charge in [-0.2, -0.15) is 0 Å². The molecule has 0 aromatic rings. The number of sulfone groups is 1. The van der Waals surface area contributed by atoms with Gasteiger partial charge in [-0.3, -0.25) is 0 Å². The molecule has 0 heterocycles. The van der Waals surface area contributed by atoms with Crippen molar-refractivity contribution < 1.29 is 13.2 Å². The summed E-state index contributed by atoms with van der Waals surface area (Å²) >= 11 is 0. The van der Waals surface area contributed by atoms with Gasteiger partial charge in [-0.25, -0.2) is 8.42 Å². The number of rotatable bonds is 7. The van der Waals surface area contributed by atoms with Crippen molar-refractivity contribution in [1.29, 1.82) is 0 Å². The summed E-state index contributed by atoms with van der Waals surface area (Å²) in [5.74, 6) is 0.182. The number of hydrogen-bond donors (Lipinski definition) is 1. The summed E-state index contributed by atoms with van der Waals surface area (Å²) in [6, 6.07) is -0.0233. The van der Waals surface area contributed by atoms with Gasteiger partial charge in [0.2, 0.25) is 0 Å². The molecule has 0 radical (unpaired) electrons. The van der Waals surface area contributed by atoms with Crippen molar-refractivity contribution in [2.24, 2.45) is 5.73 Å². The Kier molecular flexibility index (Phi) is 6.28. The zero-order valence-electron chi connectivity index (χ0n) is 8.32. The molecule has 0 aliphatic rings. The third-order valence-corrected chi connectivity index (χ3v) is 2.76. The summed E-state index contributed by atoms with van der Waals surface area (Å²) in [5.41, 5.74) is 5.70. The second-order valence-electron chi connectivity index (χ2n) is 3.31. The maximum absolute atomic E-state index is 10.8. The third kappa shape index (κ3) is 9.79. The summed E-state index contributed by atoms with van der Waals surface area (Å²) < 4.78 is 26.4. The van der Waals surface area contributed by atoms with Crippen LogP contribution in [-0.2, 0) is 14.6 Å². The number of methoxy groups -OCH3 is 1. The lowest BCUT2D eigenvalue weighted by atomic mass is 10.1. The van der Waals surface area contributed by atoms with Crippen molar-refractivity contribution in [2.75, 3.05) is 25.7 Å². The van der Waals surface area contributed by atoms with Gasteiger partial charge in [0, 0.05) is 26.0 Å². The molecular weight excluding hydrogens is 190 g/mol. The molecule has 5 heteroatoms. The minimum atomic E-state index is -2.86. The van der Waals surface area contributed by atoms with Gasteiger partial charge in [-0.1, -0.05) is 0 Å². The first kappa shape index (κ1) is 12.9. The summed E-state index contributed by atoms with van der Waals surface area (Å²) in [7, 11) is -1.22. The Hall–Kier alpha value is -0.130. The second kappa shape index (κ2) is 6.34. The van der Waals surface area contributed by atoms with E-state index in [1.54, 1.807) is 7.11 Å². The van der Waals surface area contributed by atoms with E-state index in [9.17, 15) is 8.42 Å². The molecular formula is C8H19NO3S. The SMILES string of the molecule is COCCCC(N)CCS(C)(=O)=O. The van der Waals surface area contributed by atoms with Crippen LogP contribution >= 0.6 is 0 Å². The van der Waals surface area contributed by atoms with Crippen LogP contribution in [0.15, 0.2) is 0 Å². The predicted molar refractivity (Wildman–Crippen MR) is 53.4 cm³/mol. The van der Waals surface area contributed by atoms with E-state index in [4.69, 9.17) is 10.5 Å². The molecule has 0 saturated carbocycles. The zero-order valence-corrected chi connectivity index (χ0v) is 9.14. The van der Waals surface area contributed by atoms with Gasteiger partial charge in [-0.15, -0.1) is 0 Å². The van der Waals surface area contributed by atoms with Crippen LogP contribution in [0.1, 0.15) is 19.3 Å². The van der Waals surface area contributed by atoms with Crippen LogP contribution in [0.25, 0.3) is 0 Å². The maximum atomic E-state index is 10.8.